The fourth-order valence-electron chi connectivity index (χ4n) is 1.18. The van der Waals surface area contributed by atoms with Crippen LogP contribution in [0.3, 0.4) is 0 Å². The third kappa shape index (κ3) is 4.42. The predicted octanol–water partition coefficient (Wildman–Crippen LogP) is 0.444. The van der Waals surface area contributed by atoms with Crippen LogP contribution in [0.4, 0.5) is 0 Å². The van der Waals surface area contributed by atoms with Crippen LogP contribution < -0.4 is 5.32 Å². The summed E-state index contributed by atoms with van der Waals surface area (Å²) in [5.74, 6) is -1.76. The van der Waals surface area contributed by atoms with Crippen molar-refractivity contribution in [3.05, 3.63) is 34.9 Å². The summed E-state index contributed by atoms with van der Waals surface area (Å²) in [4.78, 5) is 21.7. The second kappa shape index (κ2) is 6.22. The van der Waals surface area contributed by atoms with Gasteiger partial charge in [-0.2, -0.15) is 0 Å². The molecule has 0 saturated carbocycles. The summed E-state index contributed by atoms with van der Waals surface area (Å²) in [5, 5.41) is 20.1. The average molecular weight is 258 g/mol. The third-order valence-electron chi connectivity index (χ3n) is 2.09. The van der Waals surface area contributed by atoms with Crippen LogP contribution in [0.1, 0.15) is 5.56 Å². The second-order valence-electron chi connectivity index (χ2n) is 3.43. The number of rotatable bonds is 5. The Hall–Kier alpha value is -1.59. The highest BCUT2D eigenvalue weighted by Gasteiger charge is 2.14. The van der Waals surface area contributed by atoms with Crippen molar-refractivity contribution < 1.29 is 19.8 Å². The number of benzene rings is 1. The van der Waals surface area contributed by atoms with Gasteiger partial charge in [0.05, 0.1) is 13.0 Å². The first-order valence-electron chi connectivity index (χ1n) is 4.91. The van der Waals surface area contributed by atoms with Crippen molar-refractivity contribution in [3.8, 4) is 0 Å². The molecule has 0 unspecified atom stereocenters. The molecule has 0 aliphatic carbocycles. The molecule has 1 atom stereocenters. The summed E-state index contributed by atoms with van der Waals surface area (Å²) in [6.07, 6.45) is -1.54. The predicted molar refractivity (Wildman–Crippen MR) is 61.8 cm³/mol. The Bertz CT molecular complexity index is 422. The zero-order valence-electron chi connectivity index (χ0n) is 8.89. The summed E-state index contributed by atoms with van der Waals surface area (Å²) in [6.45, 7) is -0.321. The normalized spacial score (nSPS) is 11.9. The van der Waals surface area contributed by atoms with E-state index < -0.39 is 18.0 Å². The molecule has 0 aliphatic heterocycles. The van der Waals surface area contributed by atoms with Crippen LogP contribution in [0.15, 0.2) is 24.3 Å². The molecule has 0 aromatic heterocycles. The van der Waals surface area contributed by atoms with Crippen molar-refractivity contribution in [3.63, 3.8) is 0 Å². The molecule has 17 heavy (non-hydrogen) atoms. The molecule has 0 spiro atoms. The van der Waals surface area contributed by atoms with Crippen molar-refractivity contribution in [1.29, 1.82) is 0 Å². The number of aliphatic carboxylic acids is 1. The number of carbonyl (C=O) groups is 2. The van der Waals surface area contributed by atoms with Gasteiger partial charge in [0.15, 0.2) is 6.10 Å². The summed E-state index contributed by atoms with van der Waals surface area (Å²) < 4.78 is 0. The molecule has 1 aromatic carbocycles. The summed E-state index contributed by atoms with van der Waals surface area (Å²) >= 11 is 5.86. The van der Waals surface area contributed by atoms with E-state index in [1.165, 1.54) is 0 Å². The molecule has 0 heterocycles. The average Bonchev–Trinajstić information content (AvgIpc) is 2.29. The Labute approximate surface area is 103 Å². The van der Waals surface area contributed by atoms with Crippen LogP contribution in [-0.4, -0.2) is 34.7 Å². The van der Waals surface area contributed by atoms with Gasteiger partial charge in [-0.3, -0.25) is 4.79 Å². The van der Waals surface area contributed by atoms with Crippen molar-refractivity contribution in [1.82, 2.24) is 5.32 Å². The molecular formula is C11H12ClNO4. The fourth-order valence-corrected chi connectivity index (χ4v) is 1.38. The van der Waals surface area contributed by atoms with Crippen molar-refractivity contribution in [2.45, 2.75) is 12.5 Å². The Kier molecular flexibility index (Phi) is 4.93. The van der Waals surface area contributed by atoms with Crippen molar-refractivity contribution in [2.24, 2.45) is 0 Å². The highest BCUT2D eigenvalue weighted by molar-refractivity contribution is 6.31. The van der Waals surface area contributed by atoms with E-state index in [4.69, 9.17) is 21.8 Å². The SMILES string of the molecule is O=C(Cc1ccccc1Cl)NC[C@H](O)C(=O)O. The molecule has 0 saturated heterocycles. The van der Waals surface area contributed by atoms with E-state index in [1.54, 1.807) is 24.3 Å². The molecule has 5 nitrogen and oxygen atoms in total. The molecule has 3 N–H and O–H groups in total. The largest absolute Gasteiger partial charge is 0.479 e. The van der Waals surface area contributed by atoms with E-state index in [9.17, 15) is 9.59 Å². The number of hydrogen-bond acceptors (Lipinski definition) is 3. The molecule has 1 aromatic rings. The van der Waals surface area contributed by atoms with Crippen molar-refractivity contribution in [2.75, 3.05) is 6.54 Å². The number of amides is 1. The number of aliphatic hydroxyl groups excluding tert-OH is 1. The van der Waals surface area contributed by atoms with Crippen LogP contribution in [0.2, 0.25) is 5.02 Å². The maximum atomic E-state index is 11.4. The molecule has 6 heteroatoms. The van der Waals surface area contributed by atoms with E-state index in [2.05, 4.69) is 5.32 Å². The molecule has 0 aliphatic rings. The third-order valence-corrected chi connectivity index (χ3v) is 2.46. The number of aliphatic hydroxyl groups is 1. The maximum Gasteiger partial charge on any atom is 0.334 e. The first-order chi connectivity index (χ1) is 8.00. The number of halogens is 1. The van der Waals surface area contributed by atoms with E-state index in [0.29, 0.717) is 10.6 Å². The van der Waals surface area contributed by atoms with E-state index in [0.717, 1.165) is 0 Å². The molecule has 92 valence electrons. The van der Waals surface area contributed by atoms with Gasteiger partial charge in [-0.05, 0) is 11.6 Å². The Morgan fingerprint density at radius 1 is 1.35 bits per heavy atom. The smallest absolute Gasteiger partial charge is 0.334 e. The second-order valence-corrected chi connectivity index (χ2v) is 3.83. The van der Waals surface area contributed by atoms with Crippen LogP contribution in [0.25, 0.3) is 0 Å². The van der Waals surface area contributed by atoms with Crippen molar-refractivity contribution >= 4 is 23.5 Å². The molecule has 1 amide bonds. The Morgan fingerprint density at radius 2 is 2.00 bits per heavy atom. The van der Waals surface area contributed by atoms with Gasteiger partial charge < -0.3 is 15.5 Å². The van der Waals surface area contributed by atoms with Gasteiger partial charge in [-0.25, -0.2) is 4.79 Å². The molecule has 0 fully saturated rings. The molecule has 0 bridgehead atoms. The number of carboxylic acids is 1. The highest BCUT2D eigenvalue weighted by Crippen LogP contribution is 2.15. The monoisotopic (exact) mass is 257 g/mol. The van der Waals surface area contributed by atoms with Gasteiger partial charge in [0.2, 0.25) is 5.91 Å². The van der Waals surface area contributed by atoms with Gasteiger partial charge >= 0.3 is 5.97 Å². The standard InChI is InChI=1S/C11H12ClNO4/c12-8-4-2-1-3-7(8)5-10(15)13-6-9(14)11(16)17/h1-4,9,14H,5-6H2,(H,13,15)(H,16,17)/t9-/m0/s1. The number of nitrogens with one attached hydrogen (secondary N) is 1. The lowest BCUT2D eigenvalue weighted by atomic mass is 10.1. The van der Waals surface area contributed by atoms with Gasteiger partial charge in [0, 0.05) is 5.02 Å². The van der Waals surface area contributed by atoms with Crippen LogP contribution >= 0.6 is 11.6 Å². The minimum absolute atomic E-state index is 0.0476. The van der Waals surface area contributed by atoms with Crippen LogP contribution in [0.5, 0.6) is 0 Å². The van der Waals surface area contributed by atoms with Gasteiger partial charge in [-0.15, -0.1) is 0 Å². The zero-order chi connectivity index (χ0) is 12.8. The topological polar surface area (TPSA) is 86.6 Å². The first-order valence-corrected chi connectivity index (χ1v) is 5.29. The van der Waals surface area contributed by atoms with Gasteiger partial charge in [-0.1, -0.05) is 29.8 Å². The fraction of sp³-hybridized carbons (Fsp3) is 0.273. The first kappa shape index (κ1) is 13.5. The van der Waals surface area contributed by atoms with Crippen LogP contribution in [-0.2, 0) is 16.0 Å². The Morgan fingerprint density at radius 3 is 2.59 bits per heavy atom. The van der Waals surface area contributed by atoms with Gasteiger partial charge in [0.1, 0.15) is 0 Å². The summed E-state index contributed by atoms with van der Waals surface area (Å²) in [5.41, 5.74) is 0.650. The summed E-state index contributed by atoms with van der Waals surface area (Å²) in [6, 6.07) is 6.87. The van der Waals surface area contributed by atoms with E-state index in [1.807, 2.05) is 0 Å². The van der Waals surface area contributed by atoms with Crippen LogP contribution in [0, 0.1) is 0 Å². The number of hydrogen-bond donors (Lipinski definition) is 3. The van der Waals surface area contributed by atoms with Gasteiger partial charge in [0.25, 0.3) is 0 Å². The van der Waals surface area contributed by atoms with E-state index >= 15 is 0 Å². The minimum atomic E-state index is -1.59. The zero-order valence-corrected chi connectivity index (χ0v) is 9.65. The lowest BCUT2D eigenvalue weighted by Crippen LogP contribution is -2.37. The molecular weight excluding hydrogens is 246 g/mol. The quantitative estimate of drug-likeness (QED) is 0.715. The number of carboxylic acid groups (broad SMARTS) is 1. The lowest BCUT2D eigenvalue weighted by Gasteiger charge is -2.08. The summed E-state index contributed by atoms with van der Waals surface area (Å²) in [7, 11) is 0. The van der Waals surface area contributed by atoms with E-state index in [-0.39, 0.29) is 13.0 Å². The maximum absolute atomic E-state index is 11.4. The molecule has 1 rings (SSSR count). The lowest BCUT2D eigenvalue weighted by molar-refractivity contribution is -0.146. The Balaban J connectivity index is 2.46. The minimum Gasteiger partial charge on any atom is -0.479 e. The number of carbonyl (C=O) groups excluding carboxylic acids is 1. The highest BCUT2D eigenvalue weighted by atomic mass is 35.5. The molecule has 0 radical (unpaired) electrons.